The van der Waals surface area contributed by atoms with E-state index in [1.807, 2.05) is 48.5 Å². The first kappa shape index (κ1) is 13.6. The highest BCUT2D eigenvalue weighted by Gasteiger charge is 2.12. The molecule has 104 valence electrons. The molecule has 0 heterocycles. The van der Waals surface area contributed by atoms with E-state index in [0.29, 0.717) is 10.8 Å². The molecule has 0 aliphatic carbocycles. The fourth-order valence-corrected chi connectivity index (χ4v) is 3.14. The molecule has 0 amide bonds. The number of rotatable bonds is 0. The average Bonchev–Trinajstić information content (AvgIpc) is 2.51. The van der Waals surface area contributed by atoms with Crippen LogP contribution in [0.1, 0.15) is 13.0 Å². The van der Waals surface area contributed by atoms with Crippen LogP contribution in [-0.2, 0) is 0 Å². The Bertz CT molecular complexity index is 967. The van der Waals surface area contributed by atoms with Gasteiger partial charge in [-0.3, -0.25) is 0 Å². The van der Waals surface area contributed by atoms with Crippen molar-refractivity contribution in [2.24, 2.45) is 0 Å². The maximum Gasteiger partial charge on any atom is 0.138 e. The van der Waals surface area contributed by atoms with Gasteiger partial charge in [-0.2, -0.15) is 0 Å². The Morgan fingerprint density at radius 1 is 0.667 bits per heavy atom. The first-order valence-electron chi connectivity index (χ1n) is 6.75. The lowest BCUT2D eigenvalue weighted by Crippen LogP contribution is -1.90. The van der Waals surface area contributed by atoms with Crippen molar-refractivity contribution in [2.45, 2.75) is 14.4 Å². The summed E-state index contributed by atoms with van der Waals surface area (Å²) < 4.78 is 14.8. The fraction of sp³-hybridized carbons (Fsp3) is 0.100. The molecule has 0 unspecified atom stereocenters. The third-order valence-electron chi connectivity index (χ3n) is 4.11. The summed E-state index contributed by atoms with van der Waals surface area (Å²) in [6.07, 6.45) is 0. The summed E-state index contributed by atoms with van der Waals surface area (Å²) in [5.74, 6) is -0.119. The van der Waals surface area contributed by atoms with E-state index in [2.05, 4.69) is 19.1 Å². The van der Waals surface area contributed by atoms with Crippen LogP contribution in [0, 0.1) is 12.7 Å². The third kappa shape index (κ3) is 1.81. The summed E-state index contributed by atoms with van der Waals surface area (Å²) in [7, 11) is 0. The van der Waals surface area contributed by atoms with Gasteiger partial charge in [0, 0.05) is 10.8 Å². The maximum atomic E-state index is 14.8. The summed E-state index contributed by atoms with van der Waals surface area (Å²) in [6, 6.07) is 19.8. The van der Waals surface area contributed by atoms with Crippen LogP contribution >= 0.6 is 0 Å². The van der Waals surface area contributed by atoms with Crippen LogP contribution < -0.4 is 0 Å². The Kier molecular flexibility index (Phi) is 3.13. The Morgan fingerprint density at radius 3 is 2.05 bits per heavy atom. The van der Waals surface area contributed by atoms with E-state index < -0.39 is 0 Å². The molecule has 0 N–H and O–H groups in total. The molecule has 0 saturated heterocycles. The second kappa shape index (κ2) is 4.85. The van der Waals surface area contributed by atoms with Gasteiger partial charge in [0.2, 0.25) is 0 Å². The largest absolute Gasteiger partial charge is 0.206 e. The molecule has 0 atom stereocenters. The van der Waals surface area contributed by atoms with E-state index >= 15 is 0 Å². The summed E-state index contributed by atoms with van der Waals surface area (Å²) >= 11 is 0. The lowest BCUT2D eigenvalue weighted by molar-refractivity contribution is 0.651. The molecule has 4 rings (SSSR count). The van der Waals surface area contributed by atoms with E-state index in [9.17, 15) is 4.39 Å². The number of hydrogen-bond donors (Lipinski definition) is 0. The molecule has 0 radical (unpaired) electrons. The van der Waals surface area contributed by atoms with Crippen molar-refractivity contribution in [3.05, 3.63) is 72.0 Å². The molecule has 1 heteroatoms. The van der Waals surface area contributed by atoms with Crippen molar-refractivity contribution in [2.75, 3.05) is 0 Å². The summed E-state index contributed by atoms with van der Waals surface area (Å²) in [5, 5.41) is 5.70. The predicted molar refractivity (Wildman–Crippen MR) is 90.4 cm³/mol. The first-order valence-corrected chi connectivity index (χ1v) is 6.75. The van der Waals surface area contributed by atoms with Gasteiger partial charge in [-0.1, -0.05) is 68.1 Å². The SMILES string of the molecule is C.Cc1c2ccccc2c(F)c2ccc3ccccc3c12. The fourth-order valence-electron chi connectivity index (χ4n) is 3.14. The summed E-state index contributed by atoms with van der Waals surface area (Å²) in [6.45, 7) is 2.08. The van der Waals surface area contributed by atoms with Gasteiger partial charge in [-0.05, 0) is 34.0 Å². The summed E-state index contributed by atoms with van der Waals surface area (Å²) in [4.78, 5) is 0. The highest BCUT2D eigenvalue weighted by molar-refractivity contribution is 6.14. The number of fused-ring (bicyclic) bond motifs is 4. The highest BCUT2D eigenvalue weighted by atomic mass is 19.1. The Balaban J connectivity index is 0.00000132. The lowest BCUT2D eigenvalue weighted by Gasteiger charge is -2.12. The van der Waals surface area contributed by atoms with Crippen molar-refractivity contribution >= 4 is 32.3 Å². The standard InChI is InChI=1S/C19H13F.CH4/c1-12-14-7-4-5-9-16(14)19(20)17-11-10-13-6-2-3-8-15(13)18(12)17;/h2-11H,1H3;1H4. The molecule has 21 heavy (non-hydrogen) atoms. The maximum absolute atomic E-state index is 14.8. The van der Waals surface area contributed by atoms with Gasteiger partial charge < -0.3 is 0 Å². The van der Waals surface area contributed by atoms with E-state index in [-0.39, 0.29) is 13.2 Å². The Labute approximate surface area is 123 Å². The predicted octanol–water partition coefficient (Wildman–Crippen LogP) is 6.23. The highest BCUT2D eigenvalue weighted by Crippen LogP contribution is 2.35. The zero-order valence-corrected chi connectivity index (χ0v) is 11.2. The number of aryl methyl sites for hydroxylation is 1. The van der Waals surface area contributed by atoms with Gasteiger partial charge in [0.15, 0.2) is 0 Å². The van der Waals surface area contributed by atoms with Gasteiger partial charge in [-0.25, -0.2) is 4.39 Å². The molecule has 0 spiro atoms. The summed E-state index contributed by atoms with van der Waals surface area (Å²) in [5.41, 5.74) is 1.15. The third-order valence-corrected chi connectivity index (χ3v) is 4.11. The minimum atomic E-state index is -0.119. The van der Waals surface area contributed by atoms with Gasteiger partial charge in [-0.15, -0.1) is 0 Å². The topological polar surface area (TPSA) is 0 Å². The quantitative estimate of drug-likeness (QED) is 0.264. The molecule has 0 bridgehead atoms. The molecule has 4 aromatic carbocycles. The molecule has 0 aliphatic heterocycles. The molecular formula is C20H17F. The van der Waals surface area contributed by atoms with Crippen LogP contribution in [-0.4, -0.2) is 0 Å². The van der Waals surface area contributed by atoms with Crippen molar-refractivity contribution in [3.8, 4) is 0 Å². The Hall–Kier alpha value is -2.41. The van der Waals surface area contributed by atoms with E-state index in [1.165, 1.54) is 0 Å². The van der Waals surface area contributed by atoms with Gasteiger partial charge in [0.25, 0.3) is 0 Å². The molecule has 4 aromatic rings. The number of halogens is 1. The molecule has 0 fully saturated rings. The Morgan fingerprint density at radius 2 is 1.29 bits per heavy atom. The van der Waals surface area contributed by atoms with Crippen LogP contribution in [0.2, 0.25) is 0 Å². The van der Waals surface area contributed by atoms with Crippen LogP contribution in [0.15, 0.2) is 60.7 Å². The van der Waals surface area contributed by atoms with Crippen molar-refractivity contribution in [1.82, 2.24) is 0 Å². The first-order chi connectivity index (χ1) is 9.77. The number of benzene rings is 4. The van der Waals surface area contributed by atoms with Crippen molar-refractivity contribution < 1.29 is 4.39 Å². The van der Waals surface area contributed by atoms with Gasteiger partial charge in [0.05, 0.1) is 0 Å². The normalized spacial score (nSPS) is 11.0. The van der Waals surface area contributed by atoms with Gasteiger partial charge in [0.1, 0.15) is 5.82 Å². The van der Waals surface area contributed by atoms with E-state index in [4.69, 9.17) is 0 Å². The molecule has 0 aromatic heterocycles. The van der Waals surface area contributed by atoms with Crippen molar-refractivity contribution in [1.29, 1.82) is 0 Å². The molecule has 0 nitrogen and oxygen atoms in total. The van der Waals surface area contributed by atoms with Crippen LogP contribution in [0.4, 0.5) is 4.39 Å². The molecular weight excluding hydrogens is 259 g/mol. The number of hydrogen-bond acceptors (Lipinski definition) is 0. The van der Waals surface area contributed by atoms with Crippen LogP contribution in [0.3, 0.4) is 0 Å². The lowest BCUT2D eigenvalue weighted by atomic mass is 9.93. The molecule has 0 saturated carbocycles. The van der Waals surface area contributed by atoms with Gasteiger partial charge >= 0.3 is 0 Å². The van der Waals surface area contributed by atoms with Crippen molar-refractivity contribution in [3.63, 3.8) is 0 Å². The van der Waals surface area contributed by atoms with Crippen LogP contribution in [0.25, 0.3) is 32.3 Å². The average molecular weight is 276 g/mol. The zero-order chi connectivity index (χ0) is 13.7. The minimum Gasteiger partial charge on any atom is -0.206 e. The smallest absolute Gasteiger partial charge is 0.138 e. The van der Waals surface area contributed by atoms with Crippen LogP contribution in [0.5, 0.6) is 0 Å². The second-order valence-corrected chi connectivity index (χ2v) is 5.19. The zero-order valence-electron chi connectivity index (χ0n) is 11.2. The van der Waals surface area contributed by atoms with E-state index in [1.54, 1.807) is 0 Å². The van der Waals surface area contributed by atoms with E-state index in [0.717, 1.165) is 27.1 Å². The second-order valence-electron chi connectivity index (χ2n) is 5.19. The minimum absolute atomic E-state index is 0. The molecule has 0 aliphatic rings. The monoisotopic (exact) mass is 276 g/mol.